The van der Waals surface area contributed by atoms with Crippen molar-refractivity contribution in [3.8, 4) is 0 Å². The number of rotatable bonds is 3. The number of fused-ring (bicyclic) bond motifs is 1. The van der Waals surface area contributed by atoms with Crippen LogP contribution in [0.15, 0.2) is 0 Å². The number of aromatic nitrogens is 2. The average Bonchev–Trinajstić information content (AvgIpc) is 2.90. The maximum Gasteiger partial charge on any atom is 0.131 e. The van der Waals surface area contributed by atoms with Gasteiger partial charge in [-0.05, 0) is 37.8 Å². The van der Waals surface area contributed by atoms with Crippen LogP contribution in [0.4, 0.5) is 0 Å². The largest absolute Gasteiger partial charge is 0.378 e. The molecule has 98 valence electrons. The van der Waals surface area contributed by atoms with E-state index < -0.39 is 0 Å². The van der Waals surface area contributed by atoms with Gasteiger partial charge in [-0.3, -0.25) is 0 Å². The first-order valence-corrected chi connectivity index (χ1v) is 7.06. The number of ether oxygens (including phenoxy) is 1. The predicted octanol–water partition coefficient (Wildman–Crippen LogP) is 1.41. The lowest BCUT2D eigenvalue weighted by Gasteiger charge is -2.20. The van der Waals surface area contributed by atoms with E-state index in [1.165, 1.54) is 23.4 Å². The maximum absolute atomic E-state index is 5.68. The van der Waals surface area contributed by atoms with Gasteiger partial charge in [-0.15, -0.1) is 0 Å². The third-order valence-corrected chi connectivity index (χ3v) is 3.84. The van der Waals surface area contributed by atoms with Crippen LogP contribution >= 0.6 is 0 Å². The lowest BCUT2D eigenvalue weighted by molar-refractivity contribution is 0.109. The summed E-state index contributed by atoms with van der Waals surface area (Å²) in [4.78, 5) is 9.48. The number of aryl methyl sites for hydroxylation is 1. The second kappa shape index (κ2) is 5.33. The normalized spacial score (nSPS) is 23.1. The van der Waals surface area contributed by atoms with Crippen LogP contribution in [0.5, 0.6) is 0 Å². The summed E-state index contributed by atoms with van der Waals surface area (Å²) < 4.78 is 5.68. The summed E-state index contributed by atoms with van der Waals surface area (Å²) in [5.74, 6) is 0.973. The van der Waals surface area contributed by atoms with Crippen molar-refractivity contribution < 1.29 is 4.74 Å². The van der Waals surface area contributed by atoms with Crippen LogP contribution in [0.1, 0.15) is 42.5 Å². The molecular weight excluding hydrogens is 226 g/mol. The quantitative estimate of drug-likeness (QED) is 0.877. The smallest absolute Gasteiger partial charge is 0.131 e. The summed E-state index contributed by atoms with van der Waals surface area (Å²) >= 11 is 0. The van der Waals surface area contributed by atoms with Gasteiger partial charge in [0.2, 0.25) is 0 Å². The summed E-state index contributed by atoms with van der Waals surface area (Å²) in [5, 5.41) is 3.39. The molecule has 0 bridgehead atoms. The molecule has 2 aliphatic rings. The van der Waals surface area contributed by atoms with Crippen LogP contribution in [0.2, 0.25) is 0 Å². The first-order valence-electron chi connectivity index (χ1n) is 7.06. The Hall–Kier alpha value is -1.00. The molecule has 1 aromatic heterocycles. The Kier molecular flexibility index (Phi) is 3.57. The van der Waals surface area contributed by atoms with Gasteiger partial charge >= 0.3 is 0 Å². The molecule has 0 spiro atoms. The van der Waals surface area contributed by atoms with E-state index in [2.05, 4.69) is 12.2 Å². The molecule has 1 atom stereocenters. The Morgan fingerprint density at radius 3 is 3.11 bits per heavy atom. The monoisotopic (exact) mass is 247 g/mol. The molecule has 0 aromatic carbocycles. The highest BCUT2D eigenvalue weighted by atomic mass is 16.5. The lowest BCUT2D eigenvalue weighted by Crippen LogP contribution is -2.27. The van der Waals surface area contributed by atoms with E-state index in [-0.39, 0.29) is 0 Å². The standard InChI is InChI=1S/C14H21N3O/c1-2-12-11-5-6-15-9-13(11)17-14(16-12)8-10-4-3-7-18-10/h10,15H,2-9H2,1H3. The maximum atomic E-state index is 5.68. The van der Waals surface area contributed by atoms with Crippen molar-refractivity contribution in [2.24, 2.45) is 0 Å². The van der Waals surface area contributed by atoms with Gasteiger partial charge in [0.05, 0.1) is 11.8 Å². The average molecular weight is 247 g/mol. The minimum Gasteiger partial charge on any atom is -0.378 e. The van der Waals surface area contributed by atoms with Crippen molar-refractivity contribution in [3.05, 3.63) is 22.8 Å². The van der Waals surface area contributed by atoms with Crippen LogP contribution in [0.25, 0.3) is 0 Å². The summed E-state index contributed by atoms with van der Waals surface area (Å²) in [6, 6.07) is 0. The molecule has 1 unspecified atom stereocenters. The molecular formula is C14H21N3O. The fraction of sp³-hybridized carbons (Fsp3) is 0.714. The molecule has 1 aromatic rings. The van der Waals surface area contributed by atoms with E-state index in [9.17, 15) is 0 Å². The Morgan fingerprint density at radius 2 is 2.33 bits per heavy atom. The van der Waals surface area contributed by atoms with E-state index in [0.717, 1.165) is 51.2 Å². The SMILES string of the molecule is CCc1nc(CC2CCCO2)nc2c1CCNC2. The highest BCUT2D eigenvalue weighted by Gasteiger charge is 2.20. The van der Waals surface area contributed by atoms with E-state index in [0.29, 0.717) is 6.10 Å². The topological polar surface area (TPSA) is 47.0 Å². The van der Waals surface area contributed by atoms with Gasteiger partial charge in [-0.2, -0.15) is 0 Å². The Labute approximate surface area is 108 Å². The second-order valence-corrected chi connectivity index (χ2v) is 5.13. The molecule has 0 saturated carbocycles. The Balaban J connectivity index is 1.85. The molecule has 1 saturated heterocycles. The van der Waals surface area contributed by atoms with E-state index in [4.69, 9.17) is 14.7 Å². The highest BCUT2D eigenvalue weighted by Crippen LogP contribution is 2.20. The molecule has 0 amide bonds. The zero-order chi connectivity index (χ0) is 12.4. The summed E-state index contributed by atoms with van der Waals surface area (Å²) in [5.41, 5.74) is 3.84. The van der Waals surface area contributed by atoms with E-state index in [1.807, 2.05) is 0 Å². The molecule has 3 heterocycles. The molecule has 0 radical (unpaired) electrons. The van der Waals surface area contributed by atoms with Crippen LogP contribution in [-0.4, -0.2) is 29.2 Å². The number of nitrogens with zero attached hydrogens (tertiary/aromatic N) is 2. The third-order valence-electron chi connectivity index (χ3n) is 3.84. The molecule has 0 aliphatic carbocycles. The summed E-state index contributed by atoms with van der Waals surface area (Å²) in [6.45, 7) is 5.02. The zero-order valence-corrected chi connectivity index (χ0v) is 11.0. The minimum atomic E-state index is 0.337. The fourth-order valence-electron chi connectivity index (χ4n) is 2.89. The third kappa shape index (κ3) is 2.40. The molecule has 1 N–H and O–H groups in total. The lowest BCUT2D eigenvalue weighted by atomic mass is 10.0. The number of nitrogens with one attached hydrogen (secondary N) is 1. The van der Waals surface area contributed by atoms with Gasteiger partial charge in [0.1, 0.15) is 5.82 Å². The Morgan fingerprint density at radius 1 is 1.39 bits per heavy atom. The summed E-state index contributed by atoms with van der Waals surface area (Å²) in [6.07, 6.45) is 5.62. The molecule has 1 fully saturated rings. The molecule has 3 rings (SSSR count). The Bertz CT molecular complexity index is 410. The van der Waals surface area contributed by atoms with Crippen LogP contribution in [0.3, 0.4) is 0 Å². The molecule has 4 nitrogen and oxygen atoms in total. The molecule has 2 aliphatic heterocycles. The van der Waals surface area contributed by atoms with Gasteiger partial charge in [-0.1, -0.05) is 6.92 Å². The number of hydrogen-bond acceptors (Lipinski definition) is 4. The van der Waals surface area contributed by atoms with Gasteiger partial charge < -0.3 is 10.1 Å². The second-order valence-electron chi connectivity index (χ2n) is 5.13. The number of hydrogen-bond donors (Lipinski definition) is 1. The van der Waals surface area contributed by atoms with E-state index in [1.54, 1.807) is 0 Å². The van der Waals surface area contributed by atoms with Crippen LogP contribution in [0, 0.1) is 0 Å². The van der Waals surface area contributed by atoms with Crippen molar-refractivity contribution in [1.29, 1.82) is 0 Å². The van der Waals surface area contributed by atoms with Gasteiger partial charge in [0, 0.05) is 25.3 Å². The fourth-order valence-corrected chi connectivity index (χ4v) is 2.89. The first-order chi connectivity index (χ1) is 8.86. The van der Waals surface area contributed by atoms with E-state index >= 15 is 0 Å². The minimum absolute atomic E-state index is 0.337. The van der Waals surface area contributed by atoms with Gasteiger partial charge in [0.15, 0.2) is 0 Å². The zero-order valence-electron chi connectivity index (χ0n) is 11.0. The van der Waals surface area contributed by atoms with Crippen molar-refractivity contribution in [3.63, 3.8) is 0 Å². The molecule has 4 heteroatoms. The van der Waals surface area contributed by atoms with Crippen molar-refractivity contribution in [1.82, 2.24) is 15.3 Å². The summed E-state index contributed by atoms with van der Waals surface area (Å²) in [7, 11) is 0. The molecule has 18 heavy (non-hydrogen) atoms. The predicted molar refractivity (Wildman–Crippen MR) is 69.5 cm³/mol. The van der Waals surface area contributed by atoms with Crippen molar-refractivity contribution >= 4 is 0 Å². The highest BCUT2D eigenvalue weighted by molar-refractivity contribution is 5.28. The van der Waals surface area contributed by atoms with Crippen molar-refractivity contribution in [2.45, 2.75) is 51.7 Å². The van der Waals surface area contributed by atoms with Gasteiger partial charge in [-0.25, -0.2) is 9.97 Å². The first kappa shape index (κ1) is 12.1. The van der Waals surface area contributed by atoms with Crippen molar-refractivity contribution in [2.75, 3.05) is 13.2 Å². The van der Waals surface area contributed by atoms with Gasteiger partial charge in [0.25, 0.3) is 0 Å². The van der Waals surface area contributed by atoms with Crippen LogP contribution in [-0.2, 0) is 30.5 Å². The van der Waals surface area contributed by atoms with Crippen LogP contribution < -0.4 is 5.32 Å².